The van der Waals surface area contributed by atoms with Gasteiger partial charge >= 0.3 is 7.60 Å². The van der Waals surface area contributed by atoms with Gasteiger partial charge in [0.05, 0.1) is 30.7 Å². The summed E-state index contributed by atoms with van der Waals surface area (Å²) in [6.45, 7) is 12.1. The lowest BCUT2D eigenvalue weighted by Crippen LogP contribution is -2.52. The van der Waals surface area contributed by atoms with Crippen LogP contribution in [0.3, 0.4) is 0 Å². The van der Waals surface area contributed by atoms with E-state index >= 15 is 0 Å². The highest BCUT2D eigenvalue weighted by Crippen LogP contribution is 2.70. The van der Waals surface area contributed by atoms with Gasteiger partial charge in [0.2, 0.25) is 0 Å². The van der Waals surface area contributed by atoms with E-state index in [0.29, 0.717) is 36.8 Å². The smallest absolute Gasteiger partial charge is 0.361 e. The Morgan fingerprint density at radius 1 is 1.05 bits per heavy atom. The summed E-state index contributed by atoms with van der Waals surface area (Å²) in [7, 11) is -3.34. The summed E-state index contributed by atoms with van der Waals surface area (Å²) in [6.07, 6.45) is 9.67. The molecule has 0 amide bonds. The Balaban J connectivity index is 1.46. The zero-order valence-corrected chi connectivity index (χ0v) is 24.0. The van der Waals surface area contributed by atoms with Crippen molar-refractivity contribution in [2.75, 3.05) is 19.8 Å². The number of rotatable bonds is 6. The third-order valence-corrected chi connectivity index (χ3v) is 12.5. The van der Waals surface area contributed by atoms with Gasteiger partial charge in [0.15, 0.2) is 5.78 Å². The fourth-order valence-corrected chi connectivity index (χ4v) is 10.4. The van der Waals surface area contributed by atoms with Crippen LogP contribution in [-0.2, 0) is 23.1 Å². The van der Waals surface area contributed by atoms with Gasteiger partial charge in [-0.1, -0.05) is 31.2 Å². The molecule has 38 heavy (non-hydrogen) atoms. The lowest BCUT2D eigenvalue weighted by atomic mass is 9.50. The number of fused-ring (bicyclic) bond motifs is 5. The maximum atomic E-state index is 13.4. The average molecular weight is 537 g/mol. The molecule has 5 nitrogen and oxygen atoms in total. The van der Waals surface area contributed by atoms with E-state index in [4.69, 9.17) is 13.8 Å². The van der Waals surface area contributed by atoms with E-state index in [1.807, 2.05) is 32.1 Å². The van der Waals surface area contributed by atoms with Crippen LogP contribution in [-0.4, -0.2) is 31.2 Å². The highest BCUT2D eigenvalue weighted by molar-refractivity contribution is 7.62. The first kappa shape index (κ1) is 26.4. The van der Waals surface area contributed by atoms with Crippen LogP contribution in [0.15, 0.2) is 59.2 Å². The number of hydrogen-bond donors (Lipinski definition) is 0. The van der Waals surface area contributed by atoms with Gasteiger partial charge in [-0.2, -0.15) is 0 Å². The molecule has 1 aliphatic heterocycles. The average Bonchev–Trinajstić information content (AvgIpc) is 3.43. The van der Waals surface area contributed by atoms with Crippen molar-refractivity contribution in [2.45, 2.75) is 83.7 Å². The molecule has 1 heterocycles. The molecule has 1 spiro atoms. The van der Waals surface area contributed by atoms with Gasteiger partial charge in [0, 0.05) is 17.8 Å². The fraction of sp³-hybridized carbons (Fsp3) is 0.594. The van der Waals surface area contributed by atoms with Crippen LogP contribution >= 0.6 is 7.60 Å². The van der Waals surface area contributed by atoms with Crippen molar-refractivity contribution in [2.24, 2.45) is 17.3 Å². The lowest BCUT2D eigenvalue weighted by molar-refractivity contribution is -0.114. The van der Waals surface area contributed by atoms with Gasteiger partial charge in [0.1, 0.15) is 0 Å². The molecular formula is C32H41O5P. The van der Waals surface area contributed by atoms with Gasteiger partial charge in [-0.3, -0.25) is 9.36 Å². The second-order valence-corrected chi connectivity index (χ2v) is 14.0. The molecule has 1 unspecified atom stereocenters. The maximum Gasteiger partial charge on any atom is 0.361 e. The second-order valence-electron chi connectivity index (χ2n) is 12.0. The molecule has 0 N–H and O–H groups in total. The minimum absolute atomic E-state index is 0.0102. The van der Waals surface area contributed by atoms with E-state index in [-0.39, 0.29) is 22.7 Å². The first-order valence-corrected chi connectivity index (χ1v) is 16.1. The molecule has 0 aromatic heterocycles. The number of hydrogen-bond acceptors (Lipinski definition) is 5. The summed E-state index contributed by atoms with van der Waals surface area (Å²) in [5, 5.41) is 0.608. The van der Waals surface area contributed by atoms with Gasteiger partial charge in [-0.05, 0) is 111 Å². The largest absolute Gasteiger partial charge is 0.370 e. The van der Waals surface area contributed by atoms with Gasteiger partial charge in [-0.15, -0.1) is 0 Å². The number of ketones is 1. The van der Waals surface area contributed by atoms with Crippen molar-refractivity contribution < 1.29 is 23.1 Å². The summed E-state index contributed by atoms with van der Waals surface area (Å²) in [5.74, 6) is 1.55. The molecule has 5 aliphatic rings. The Bertz CT molecular complexity index is 1250. The molecule has 6 rings (SSSR count). The number of allylic oxidation sites excluding steroid dienone is 4. The van der Waals surface area contributed by atoms with Crippen LogP contribution in [0.5, 0.6) is 0 Å². The van der Waals surface area contributed by atoms with Gasteiger partial charge < -0.3 is 13.8 Å². The van der Waals surface area contributed by atoms with Crippen molar-refractivity contribution in [3.05, 3.63) is 64.8 Å². The number of carbonyl (C=O) groups is 1. The summed E-state index contributed by atoms with van der Waals surface area (Å²) in [6, 6.07) is 8.15. The molecule has 5 atom stereocenters. The molecule has 6 heteroatoms. The summed E-state index contributed by atoms with van der Waals surface area (Å²) >= 11 is 0. The van der Waals surface area contributed by atoms with Crippen LogP contribution in [0.25, 0.3) is 0 Å². The monoisotopic (exact) mass is 536 g/mol. The van der Waals surface area contributed by atoms with Crippen LogP contribution in [0.4, 0.5) is 0 Å². The van der Waals surface area contributed by atoms with Crippen molar-refractivity contribution in [1.29, 1.82) is 0 Å². The first-order valence-electron chi connectivity index (χ1n) is 14.5. The summed E-state index contributed by atoms with van der Waals surface area (Å²) < 4.78 is 31.3. The molecule has 3 fully saturated rings. The zero-order valence-electron chi connectivity index (χ0n) is 23.1. The van der Waals surface area contributed by atoms with E-state index in [2.05, 4.69) is 25.6 Å². The Hall–Kier alpha value is -1.78. The predicted octanol–water partition coefficient (Wildman–Crippen LogP) is 7.19. The third kappa shape index (κ3) is 3.84. The molecule has 2 saturated carbocycles. The molecule has 1 aromatic carbocycles. The SMILES string of the molecule is C=C1CCO[C@]12CCC1[C@@H]3CCC4=CC(=O)CCC4=C3[C@@H](c3ccc(P(=O)(OCC)OCC)cc3)C[C@@]12C. The predicted molar refractivity (Wildman–Crippen MR) is 150 cm³/mol. The Labute approximate surface area is 227 Å². The van der Waals surface area contributed by atoms with Crippen LogP contribution in [0.1, 0.15) is 83.6 Å². The van der Waals surface area contributed by atoms with E-state index < -0.39 is 7.60 Å². The zero-order chi connectivity index (χ0) is 26.7. The number of carbonyl (C=O) groups excluding carboxylic acids is 1. The molecular weight excluding hydrogens is 495 g/mol. The van der Waals surface area contributed by atoms with Crippen molar-refractivity contribution in [3.8, 4) is 0 Å². The quantitative estimate of drug-likeness (QED) is 0.284. The van der Waals surface area contributed by atoms with E-state index in [1.165, 1.54) is 28.7 Å². The van der Waals surface area contributed by atoms with Gasteiger partial charge in [0.25, 0.3) is 0 Å². The minimum atomic E-state index is -3.34. The molecule has 1 saturated heterocycles. The molecule has 0 bridgehead atoms. The Kier molecular flexibility index (Phi) is 6.75. The Morgan fingerprint density at radius 3 is 2.45 bits per heavy atom. The maximum absolute atomic E-state index is 13.4. The van der Waals surface area contributed by atoms with E-state index in [0.717, 1.165) is 45.1 Å². The number of benzene rings is 1. The number of ether oxygens (including phenoxy) is 1. The normalized spacial score (nSPS) is 34.8. The summed E-state index contributed by atoms with van der Waals surface area (Å²) in [4.78, 5) is 12.3. The van der Waals surface area contributed by atoms with Crippen LogP contribution in [0, 0.1) is 17.3 Å². The minimum Gasteiger partial charge on any atom is -0.370 e. The highest BCUT2D eigenvalue weighted by atomic mass is 31.2. The third-order valence-electron chi connectivity index (χ3n) is 10.4. The second kappa shape index (κ2) is 9.70. The van der Waals surface area contributed by atoms with Crippen molar-refractivity contribution in [3.63, 3.8) is 0 Å². The van der Waals surface area contributed by atoms with Gasteiger partial charge in [-0.25, -0.2) is 0 Å². The molecule has 0 radical (unpaired) electrons. The topological polar surface area (TPSA) is 61.8 Å². The standard InChI is InChI=1S/C32H41O5P/c1-5-36-38(34,37-6-2)25-11-7-22(8-12-25)28-20-31(4)29(15-17-32(31)21(3)16-18-35-32)27-13-9-23-19-24(33)10-14-26(23)30(27)28/h7-8,11-12,19,27-29H,3,5-6,9-10,13-18,20H2,1-2,4H3/t27-,28+,29?,31-,32+/m0/s1. The lowest BCUT2D eigenvalue weighted by Gasteiger charge is -2.55. The first-order chi connectivity index (χ1) is 18.3. The van der Waals surface area contributed by atoms with E-state index in [1.54, 1.807) is 5.57 Å². The van der Waals surface area contributed by atoms with Crippen molar-refractivity contribution >= 4 is 18.7 Å². The van der Waals surface area contributed by atoms with Crippen LogP contribution in [0.2, 0.25) is 0 Å². The highest BCUT2D eigenvalue weighted by Gasteiger charge is 2.65. The van der Waals surface area contributed by atoms with Crippen LogP contribution < -0.4 is 5.30 Å². The van der Waals surface area contributed by atoms with E-state index in [9.17, 15) is 9.36 Å². The van der Waals surface area contributed by atoms with Crippen molar-refractivity contribution in [1.82, 2.24) is 0 Å². The fourth-order valence-electron chi connectivity index (χ4n) is 8.83. The molecule has 4 aliphatic carbocycles. The molecule has 1 aromatic rings. The molecule has 204 valence electrons. The summed E-state index contributed by atoms with van der Waals surface area (Å²) in [5.41, 5.74) is 6.57. The Morgan fingerprint density at radius 2 is 1.79 bits per heavy atom.